The van der Waals surface area contributed by atoms with Gasteiger partial charge in [-0.15, -0.1) is 0 Å². The van der Waals surface area contributed by atoms with Gasteiger partial charge in [0.2, 0.25) is 0 Å². The fraction of sp³-hybridized carbons (Fsp3) is 0.300. The van der Waals surface area contributed by atoms with Crippen molar-refractivity contribution in [1.29, 1.82) is 0 Å². The topological polar surface area (TPSA) is 28.7 Å². The third kappa shape index (κ3) is 2.69. The second-order valence-electron chi connectivity index (χ2n) is 3.47. The molecule has 2 rings (SSSR count). The molecule has 0 aliphatic carbocycles. The first-order valence-corrected chi connectivity index (χ1v) is 5.58. The van der Waals surface area contributed by atoms with E-state index in [1.165, 1.54) is 0 Å². The molecule has 1 aromatic heterocycles. The Labute approximate surface area is 94.3 Å². The summed E-state index contributed by atoms with van der Waals surface area (Å²) in [6, 6.07) is 5.53. The van der Waals surface area contributed by atoms with Gasteiger partial charge in [-0.25, -0.2) is 4.98 Å². The van der Waals surface area contributed by atoms with Crippen molar-refractivity contribution in [2.24, 2.45) is 0 Å². The molecule has 0 unspecified atom stereocenters. The molecule has 2 nitrogen and oxygen atoms in total. The number of rotatable bonds is 2. The molecule has 1 heterocycles. The third-order valence-corrected chi connectivity index (χ3v) is 2.93. The van der Waals surface area contributed by atoms with Gasteiger partial charge < -0.3 is 4.98 Å². The molecule has 16 heavy (non-hydrogen) atoms. The summed E-state index contributed by atoms with van der Waals surface area (Å²) in [5, 5.41) is 0.304. The highest BCUT2D eigenvalue weighted by Crippen LogP contribution is 2.27. The van der Waals surface area contributed by atoms with E-state index < -0.39 is 11.9 Å². The number of benzene rings is 1. The number of H-pyrrole nitrogens is 1. The Kier molecular flexibility index (Phi) is 2.84. The first-order chi connectivity index (χ1) is 7.44. The molecule has 1 aromatic carbocycles. The quantitative estimate of drug-likeness (QED) is 0.821. The van der Waals surface area contributed by atoms with Gasteiger partial charge >= 0.3 is 6.18 Å². The van der Waals surface area contributed by atoms with E-state index in [-0.39, 0.29) is 0 Å². The molecule has 0 saturated heterocycles. The lowest BCUT2D eigenvalue weighted by Gasteiger charge is -2.02. The number of nitrogens with zero attached hydrogens (tertiary/aromatic N) is 1. The Bertz CT molecular complexity index is 504. The summed E-state index contributed by atoms with van der Waals surface area (Å²) in [4.78, 5) is 6.93. The summed E-state index contributed by atoms with van der Waals surface area (Å²) in [5.74, 6) is -0.925. The van der Waals surface area contributed by atoms with Crippen LogP contribution in [0, 0.1) is 6.92 Å². The summed E-state index contributed by atoms with van der Waals surface area (Å²) < 4.78 is 36.0. The summed E-state index contributed by atoms with van der Waals surface area (Å²) in [7, 11) is 0. The van der Waals surface area contributed by atoms with E-state index in [9.17, 15) is 13.2 Å². The maximum atomic E-state index is 12.0. The van der Waals surface area contributed by atoms with Gasteiger partial charge in [-0.1, -0.05) is 17.8 Å². The molecule has 86 valence electrons. The lowest BCUT2D eigenvalue weighted by molar-refractivity contribution is -0.105. The fourth-order valence-corrected chi connectivity index (χ4v) is 1.96. The van der Waals surface area contributed by atoms with Crippen LogP contribution in [0.3, 0.4) is 0 Å². The molecule has 0 aliphatic heterocycles. The van der Waals surface area contributed by atoms with Crippen LogP contribution in [0.2, 0.25) is 0 Å². The van der Waals surface area contributed by atoms with Gasteiger partial charge in [0.25, 0.3) is 0 Å². The lowest BCUT2D eigenvalue weighted by atomic mass is 10.2. The maximum Gasteiger partial charge on any atom is 0.398 e. The molecule has 0 atom stereocenters. The molecule has 0 amide bonds. The normalized spacial score (nSPS) is 12.2. The minimum Gasteiger partial charge on any atom is -0.333 e. The molecule has 0 spiro atoms. The first-order valence-electron chi connectivity index (χ1n) is 4.60. The zero-order valence-electron chi connectivity index (χ0n) is 8.43. The van der Waals surface area contributed by atoms with Gasteiger partial charge in [0.05, 0.1) is 16.8 Å². The summed E-state index contributed by atoms with van der Waals surface area (Å²) in [5.41, 5.74) is 2.50. The average molecular weight is 246 g/mol. The number of aromatic nitrogens is 2. The van der Waals surface area contributed by atoms with E-state index in [1.54, 1.807) is 6.07 Å². The van der Waals surface area contributed by atoms with Crippen molar-refractivity contribution < 1.29 is 13.2 Å². The molecule has 0 radical (unpaired) electrons. The molecule has 0 aliphatic rings. The number of imidazole rings is 1. The Morgan fingerprint density at radius 1 is 1.38 bits per heavy atom. The highest BCUT2D eigenvalue weighted by molar-refractivity contribution is 7.99. The second-order valence-corrected chi connectivity index (χ2v) is 4.43. The summed E-state index contributed by atoms with van der Waals surface area (Å²) >= 11 is 0.667. The number of hydrogen-bond acceptors (Lipinski definition) is 2. The zero-order valence-corrected chi connectivity index (χ0v) is 9.25. The van der Waals surface area contributed by atoms with Crippen molar-refractivity contribution in [3.63, 3.8) is 0 Å². The van der Waals surface area contributed by atoms with Crippen molar-refractivity contribution >= 4 is 22.8 Å². The minimum absolute atomic E-state index is 0.304. The van der Waals surface area contributed by atoms with E-state index in [4.69, 9.17) is 0 Å². The predicted octanol–water partition coefficient (Wildman–Crippen LogP) is 3.53. The highest BCUT2D eigenvalue weighted by Gasteiger charge is 2.27. The van der Waals surface area contributed by atoms with Crippen LogP contribution in [0.25, 0.3) is 11.0 Å². The highest BCUT2D eigenvalue weighted by atomic mass is 32.2. The van der Waals surface area contributed by atoms with Crippen molar-refractivity contribution in [3.05, 3.63) is 23.8 Å². The fourth-order valence-electron chi connectivity index (χ4n) is 1.32. The molecular formula is C10H9F3N2S. The van der Waals surface area contributed by atoms with E-state index in [1.807, 2.05) is 19.1 Å². The van der Waals surface area contributed by atoms with Crippen LogP contribution in [-0.2, 0) is 0 Å². The largest absolute Gasteiger partial charge is 0.398 e. The van der Waals surface area contributed by atoms with Gasteiger partial charge in [-0.2, -0.15) is 13.2 Å². The summed E-state index contributed by atoms with van der Waals surface area (Å²) in [6.45, 7) is 1.92. The number of fused-ring (bicyclic) bond motifs is 1. The van der Waals surface area contributed by atoms with E-state index in [0.29, 0.717) is 22.4 Å². The van der Waals surface area contributed by atoms with Gasteiger partial charge in [0, 0.05) is 0 Å². The van der Waals surface area contributed by atoms with E-state index in [2.05, 4.69) is 9.97 Å². The van der Waals surface area contributed by atoms with Crippen molar-refractivity contribution in [1.82, 2.24) is 9.97 Å². The minimum atomic E-state index is -4.17. The van der Waals surface area contributed by atoms with Gasteiger partial charge in [-0.05, 0) is 24.6 Å². The molecular weight excluding hydrogens is 237 g/mol. The Balaban J connectivity index is 2.20. The van der Waals surface area contributed by atoms with Crippen LogP contribution < -0.4 is 0 Å². The molecule has 2 aromatic rings. The Hall–Kier alpha value is -1.17. The Morgan fingerprint density at radius 3 is 2.81 bits per heavy atom. The van der Waals surface area contributed by atoms with E-state index >= 15 is 0 Å². The van der Waals surface area contributed by atoms with Crippen LogP contribution in [0.4, 0.5) is 13.2 Å². The number of thioether (sulfide) groups is 1. The monoisotopic (exact) mass is 246 g/mol. The number of alkyl halides is 3. The smallest absolute Gasteiger partial charge is 0.333 e. The Morgan fingerprint density at radius 2 is 2.12 bits per heavy atom. The van der Waals surface area contributed by atoms with E-state index in [0.717, 1.165) is 11.1 Å². The molecule has 0 bridgehead atoms. The maximum absolute atomic E-state index is 12.0. The van der Waals surface area contributed by atoms with Crippen LogP contribution in [-0.4, -0.2) is 21.9 Å². The molecule has 0 fully saturated rings. The molecule has 1 N–H and O–H groups in total. The van der Waals surface area contributed by atoms with Crippen LogP contribution >= 0.6 is 11.8 Å². The van der Waals surface area contributed by atoms with Gasteiger partial charge in [-0.3, -0.25) is 0 Å². The van der Waals surface area contributed by atoms with Crippen LogP contribution in [0.5, 0.6) is 0 Å². The summed E-state index contributed by atoms with van der Waals surface area (Å²) in [6.07, 6.45) is -4.17. The van der Waals surface area contributed by atoms with Crippen molar-refractivity contribution in [2.45, 2.75) is 18.3 Å². The van der Waals surface area contributed by atoms with Crippen LogP contribution in [0.1, 0.15) is 5.56 Å². The second kappa shape index (κ2) is 4.01. The van der Waals surface area contributed by atoms with Crippen LogP contribution in [0.15, 0.2) is 23.4 Å². The average Bonchev–Trinajstić information content (AvgIpc) is 2.55. The first kappa shape index (κ1) is 11.3. The number of aryl methyl sites for hydroxylation is 1. The number of halogens is 3. The SMILES string of the molecule is Cc1ccc2nc(SCC(F)(F)F)[nH]c2c1. The van der Waals surface area contributed by atoms with Gasteiger partial charge in [0.15, 0.2) is 5.16 Å². The van der Waals surface area contributed by atoms with Gasteiger partial charge in [0.1, 0.15) is 0 Å². The van der Waals surface area contributed by atoms with Crippen molar-refractivity contribution in [3.8, 4) is 0 Å². The molecule has 0 saturated carbocycles. The number of hydrogen-bond donors (Lipinski definition) is 1. The lowest BCUT2D eigenvalue weighted by Crippen LogP contribution is -2.10. The number of nitrogens with one attached hydrogen (secondary N) is 1. The molecule has 6 heteroatoms. The van der Waals surface area contributed by atoms with Crippen molar-refractivity contribution in [2.75, 3.05) is 5.75 Å². The zero-order chi connectivity index (χ0) is 11.8. The predicted molar refractivity (Wildman–Crippen MR) is 57.6 cm³/mol. The third-order valence-electron chi connectivity index (χ3n) is 1.99. The number of aromatic amines is 1. The standard InChI is InChI=1S/C10H9F3N2S/c1-6-2-3-7-8(4-6)15-9(14-7)16-5-10(11,12)13/h2-4H,5H2,1H3,(H,14,15).